The zero-order valence-corrected chi connectivity index (χ0v) is 16.3. The predicted molar refractivity (Wildman–Crippen MR) is 105 cm³/mol. The monoisotopic (exact) mass is 435 g/mol. The number of aromatic nitrogens is 2. The van der Waals surface area contributed by atoms with Crippen LogP contribution in [-0.4, -0.2) is 46.3 Å². The van der Waals surface area contributed by atoms with E-state index in [2.05, 4.69) is 15.3 Å². The highest BCUT2D eigenvalue weighted by Gasteiger charge is 2.30. The largest absolute Gasteiger partial charge is 0.476 e. The summed E-state index contributed by atoms with van der Waals surface area (Å²) in [4.78, 5) is 32.5. The molecule has 11 heteroatoms. The van der Waals surface area contributed by atoms with E-state index in [0.717, 1.165) is 30.7 Å². The summed E-state index contributed by atoms with van der Waals surface area (Å²) in [5.41, 5.74) is -0.502. The Morgan fingerprint density at radius 1 is 1.19 bits per heavy atom. The fourth-order valence-corrected chi connectivity index (χ4v) is 3.55. The number of anilines is 1. The maximum Gasteiger partial charge on any atom is 0.357 e. The Kier molecular flexibility index (Phi) is 6.83. The number of nitrogens with one attached hydrogen (secondary N) is 2. The van der Waals surface area contributed by atoms with Crippen molar-refractivity contribution < 1.29 is 27.9 Å². The molecule has 1 amide bonds. The standard InChI is InChI=1S/C20H20F3N5O3/c21-13-7-12(8-14(22)9-13)15(1-4-24)27-19(29)11-2-5-28(6-3-11)18-16(23)17(20(30)31)25-10-26-18/h4,7-11,15,24H,1-3,5-6H2,(H,27,29)(H,30,31). The van der Waals surface area contributed by atoms with Crippen molar-refractivity contribution in [2.45, 2.75) is 25.3 Å². The molecule has 0 radical (unpaired) electrons. The van der Waals surface area contributed by atoms with Crippen molar-refractivity contribution in [2.75, 3.05) is 18.0 Å². The van der Waals surface area contributed by atoms with Gasteiger partial charge in [-0.05, 0) is 36.8 Å². The van der Waals surface area contributed by atoms with Crippen molar-refractivity contribution in [1.82, 2.24) is 15.3 Å². The number of carboxylic acids is 1. The number of hydrogen-bond acceptors (Lipinski definition) is 6. The number of amides is 1. The number of benzene rings is 1. The van der Waals surface area contributed by atoms with Gasteiger partial charge in [0.05, 0.1) is 6.04 Å². The van der Waals surface area contributed by atoms with Crippen LogP contribution in [0, 0.1) is 28.8 Å². The van der Waals surface area contributed by atoms with Gasteiger partial charge in [0, 0.05) is 31.5 Å². The summed E-state index contributed by atoms with van der Waals surface area (Å²) in [7, 11) is 0. The first-order valence-corrected chi connectivity index (χ1v) is 9.54. The molecule has 0 spiro atoms. The van der Waals surface area contributed by atoms with Crippen LogP contribution in [-0.2, 0) is 4.79 Å². The van der Waals surface area contributed by atoms with Crippen LogP contribution in [0.2, 0.25) is 0 Å². The number of carboxylic acid groups (broad SMARTS) is 1. The van der Waals surface area contributed by atoms with Crippen molar-refractivity contribution in [3.8, 4) is 0 Å². The van der Waals surface area contributed by atoms with E-state index in [1.165, 1.54) is 0 Å². The summed E-state index contributed by atoms with van der Waals surface area (Å²) < 4.78 is 41.4. The molecule has 1 aromatic heterocycles. The molecular formula is C20H20F3N5O3. The Hall–Kier alpha value is -3.50. The van der Waals surface area contributed by atoms with Gasteiger partial charge in [-0.3, -0.25) is 4.79 Å². The number of hydrogen-bond donors (Lipinski definition) is 3. The van der Waals surface area contributed by atoms with Crippen LogP contribution < -0.4 is 10.2 Å². The van der Waals surface area contributed by atoms with E-state index in [-0.39, 0.29) is 36.8 Å². The third-order valence-corrected chi connectivity index (χ3v) is 5.10. The lowest BCUT2D eigenvalue weighted by molar-refractivity contribution is -0.126. The number of nitrogens with zero attached hydrogens (tertiary/aromatic N) is 3. The molecule has 0 aliphatic carbocycles. The first-order chi connectivity index (χ1) is 14.8. The Labute approximate surface area is 175 Å². The minimum atomic E-state index is -1.50. The molecule has 31 heavy (non-hydrogen) atoms. The average Bonchev–Trinajstić information content (AvgIpc) is 2.73. The summed E-state index contributed by atoms with van der Waals surface area (Å²) in [5, 5.41) is 19.0. The zero-order chi connectivity index (χ0) is 22.5. The lowest BCUT2D eigenvalue weighted by atomic mass is 9.94. The van der Waals surface area contributed by atoms with Gasteiger partial charge in [-0.15, -0.1) is 0 Å². The second-order valence-corrected chi connectivity index (χ2v) is 7.13. The molecule has 1 aliphatic rings. The molecule has 164 valence electrons. The topological polar surface area (TPSA) is 119 Å². The molecule has 1 atom stereocenters. The molecule has 2 aromatic rings. The minimum absolute atomic E-state index is 0.0671. The van der Waals surface area contributed by atoms with Gasteiger partial charge in [0.2, 0.25) is 5.91 Å². The van der Waals surface area contributed by atoms with Crippen LogP contribution >= 0.6 is 0 Å². The van der Waals surface area contributed by atoms with Crippen molar-refractivity contribution >= 4 is 23.9 Å². The van der Waals surface area contributed by atoms with E-state index >= 15 is 0 Å². The van der Waals surface area contributed by atoms with Crippen molar-refractivity contribution in [2.24, 2.45) is 5.92 Å². The van der Waals surface area contributed by atoms with E-state index in [0.29, 0.717) is 12.8 Å². The highest BCUT2D eigenvalue weighted by molar-refractivity contribution is 5.86. The van der Waals surface area contributed by atoms with Gasteiger partial charge in [0.15, 0.2) is 17.3 Å². The third kappa shape index (κ3) is 5.16. The molecule has 1 unspecified atom stereocenters. The van der Waals surface area contributed by atoms with Gasteiger partial charge in [-0.25, -0.2) is 27.9 Å². The van der Waals surface area contributed by atoms with Crippen LogP contribution in [0.1, 0.15) is 41.4 Å². The predicted octanol–water partition coefficient (Wildman–Crippen LogP) is 2.71. The first kappa shape index (κ1) is 22.2. The van der Waals surface area contributed by atoms with E-state index in [1.54, 1.807) is 4.90 Å². The second kappa shape index (κ2) is 9.54. The Morgan fingerprint density at radius 2 is 1.84 bits per heavy atom. The van der Waals surface area contributed by atoms with E-state index in [1.807, 2.05) is 0 Å². The van der Waals surface area contributed by atoms with Crippen LogP contribution in [0.15, 0.2) is 24.5 Å². The van der Waals surface area contributed by atoms with Gasteiger partial charge in [0.25, 0.3) is 0 Å². The zero-order valence-electron chi connectivity index (χ0n) is 16.3. The van der Waals surface area contributed by atoms with Gasteiger partial charge in [-0.2, -0.15) is 0 Å². The Bertz CT molecular complexity index is 976. The van der Waals surface area contributed by atoms with Crippen LogP contribution in [0.4, 0.5) is 19.0 Å². The number of carbonyl (C=O) groups excluding carboxylic acids is 1. The molecule has 8 nitrogen and oxygen atoms in total. The molecular weight excluding hydrogens is 415 g/mol. The SMILES string of the molecule is N=CCC(NC(=O)C1CCN(c2ncnc(C(=O)O)c2F)CC1)c1cc(F)cc(F)c1. The third-order valence-electron chi connectivity index (χ3n) is 5.10. The summed E-state index contributed by atoms with van der Waals surface area (Å²) in [5.74, 6) is -5.00. The number of carbonyl (C=O) groups is 2. The maximum atomic E-state index is 14.4. The van der Waals surface area contributed by atoms with Crippen molar-refractivity contribution in [3.63, 3.8) is 0 Å². The fraction of sp³-hybridized carbons (Fsp3) is 0.350. The maximum absolute atomic E-state index is 14.4. The number of aromatic carboxylic acids is 1. The molecule has 0 saturated carbocycles. The minimum Gasteiger partial charge on any atom is -0.476 e. The highest BCUT2D eigenvalue weighted by atomic mass is 19.1. The van der Waals surface area contributed by atoms with Gasteiger partial charge >= 0.3 is 5.97 Å². The van der Waals surface area contributed by atoms with Crippen LogP contribution in [0.3, 0.4) is 0 Å². The first-order valence-electron chi connectivity index (χ1n) is 9.54. The van der Waals surface area contributed by atoms with E-state index in [4.69, 9.17) is 10.5 Å². The molecule has 1 aromatic carbocycles. The smallest absolute Gasteiger partial charge is 0.357 e. The number of halogens is 3. The van der Waals surface area contributed by atoms with Gasteiger partial charge < -0.3 is 20.7 Å². The van der Waals surface area contributed by atoms with Gasteiger partial charge in [0.1, 0.15) is 18.0 Å². The molecule has 3 N–H and O–H groups in total. The summed E-state index contributed by atoms with van der Waals surface area (Å²) in [6, 6.07) is 2.19. The normalized spacial score (nSPS) is 15.4. The lowest BCUT2D eigenvalue weighted by Gasteiger charge is -2.33. The molecule has 1 fully saturated rings. The molecule has 1 saturated heterocycles. The highest BCUT2D eigenvalue weighted by Crippen LogP contribution is 2.26. The summed E-state index contributed by atoms with van der Waals surface area (Å²) in [6.07, 6.45) is 2.77. The molecule has 0 bridgehead atoms. The average molecular weight is 435 g/mol. The number of piperidine rings is 1. The quantitative estimate of drug-likeness (QED) is 0.576. The summed E-state index contributed by atoms with van der Waals surface area (Å²) in [6.45, 7) is 0.518. The lowest BCUT2D eigenvalue weighted by Crippen LogP contribution is -2.42. The Balaban J connectivity index is 1.66. The van der Waals surface area contributed by atoms with Crippen molar-refractivity contribution in [1.29, 1.82) is 5.41 Å². The number of rotatable bonds is 7. The second-order valence-electron chi connectivity index (χ2n) is 7.13. The summed E-state index contributed by atoms with van der Waals surface area (Å²) >= 11 is 0. The van der Waals surface area contributed by atoms with Gasteiger partial charge in [-0.1, -0.05) is 0 Å². The molecule has 2 heterocycles. The molecule has 3 rings (SSSR count). The Morgan fingerprint density at radius 3 is 2.42 bits per heavy atom. The van der Waals surface area contributed by atoms with Crippen molar-refractivity contribution in [3.05, 3.63) is 53.2 Å². The van der Waals surface area contributed by atoms with E-state index in [9.17, 15) is 22.8 Å². The van der Waals surface area contributed by atoms with Crippen LogP contribution in [0.5, 0.6) is 0 Å². The van der Waals surface area contributed by atoms with E-state index < -0.39 is 41.1 Å². The fourth-order valence-electron chi connectivity index (χ4n) is 3.55. The van der Waals surface area contributed by atoms with Crippen LogP contribution in [0.25, 0.3) is 0 Å². The molecule has 1 aliphatic heterocycles.